The van der Waals surface area contributed by atoms with E-state index in [4.69, 9.17) is 5.11 Å². The van der Waals surface area contributed by atoms with Crippen molar-refractivity contribution in [2.45, 2.75) is 42.7 Å². The molecule has 0 radical (unpaired) electrons. The second-order valence-electron chi connectivity index (χ2n) is 6.78. The van der Waals surface area contributed by atoms with Crippen LogP contribution in [0.2, 0.25) is 11.0 Å². The summed E-state index contributed by atoms with van der Waals surface area (Å²) in [6.45, 7) is 6.28. The van der Waals surface area contributed by atoms with Crippen LogP contribution in [0.3, 0.4) is 0 Å². The van der Waals surface area contributed by atoms with Gasteiger partial charge in [0.1, 0.15) is 23.5 Å². The van der Waals surface area contributed by atoms with Gasteiger partial charge in [-0.3, -0.25) is 4.79 Å². The molecule has 0 bridgehead atoms. The van der Waals surface area contributed by atoms with Crippen molar-refractivity contribution in [1.82, 2.24) is 5.32 Å². The molecule has 0 aliphatic carbocycles. The molecule has 0 saturated carbocycles. The smallest absolute Gasteiger partial charge is 0.297 e. The zero-order valence-electron chi connectivity index (χ0n) is 11.9. The summed E-state index contributed by atoms with van der Waals surface area (Å²) in [6.07, 6.45) is 0. The third-order valence-electron chi connectivity index (χ3n) is 3.75. The second kappa shape index (κ2) is 4.56. The van der Waals surface area contributed by atoms with Crippen molar-refractivity contribution in [1.29, 1.82) is 0 Å². The van der Waals surface area contributed by atoms with Crippen molar-refractivity contribution in [2.24, 2.45) is 0 Å². The normalized spacial score (nSPS) is 15.7. The summed E-state index contributed by atoms with van der Waals surface area (Å²) in [7, 11) is 9.92. The van der Waals surface area contributed by atoms with Crippen molar-refractivity contribution in [3.63, 3.8) is 0 Å². The minimum absolute atomic E-state index is 0.0288. The highest BCUT2D eigenvalue weighted by molar-refractivity contribution is 6.57. The first-order valence-corrected chi connectivity index (χ1v) is 5.83. The first kappa shape index (κ1) is 15.8. The lowest BCUT2D eigenvalue weighted by atomic mass is 9.28. The van der Waals surface area contributed by atoms with Crippen LogP contribution in [0, 0.1) is 0 Å². The zero-order valence-corrected chi connectivity index (χ0v) is 11.9. The van der Waals surface area contributed by atoms with Gasteiger partial charge >= 0.3 is 0 Å². The molecule has 0 aliphatic heterocycles. The molecule has 86 valence electrons. The molecule has 2 N–H and O–H groups in total. The summed E-state index contributed by atoms with van der Waals surface area (Å²) in [5.74, 6) is -1.13. The Kier molecular flexibility index (Phi) is 4.49. The van der Waals surface area contributed by atoms with E-state index in [1.54, 1.807) is 7.85 Å². The number of nitrogens with one attached hydrogen (secondary N) is 1. The van der Waals surface area contributed by atoms with E-state index in [1.807, 2.05) is 15.7 Å². The number of rotatable bonds is 4. The van der Waals surface area contributed by atoms with Crippen LogP contribution >= 0.6 is 0 Å². The molecule has 0 spiro atoms. The van der Waals surface area contributed by atoms with Gasteiger partial charge in [-0.2, -0.15) is 0 Å². The summed E-state index contributed by atoms with van der Waals surface area (Å²) in [5.41, 5.74) is -0.0288. The Labute approximate surface area is 104 Å². The molecule has 8 heteroatoms. The summed E-state index contributed by atoms with van der Waals surface area (Å²) in [5, 5.41) is 12.1. The maximum Gasteiger partial charge on any atom is 0.297 e. The highest BCUT2D eigenvalue weighted by Gasteiger charge is 2.44. The Morgan fingerprint density at radius 2 is 1.56 bits per heavy atom. The van der Waals surface area contributed by atoms with Crippen LogP contribution in [0.15, 0.2) is 0 Å². The third-order valence-corrected chi connectivity index (χ3v) is 3.75. The molecule has 0 rings (SSSR count). The Balaban J connectivity index is 5.05. The van der Waals surface area contributed by atoms with E-state index in [2.05, 4.69) is 41.8 Å². The Bertz CT molecular complexity index is 274. The monoisotopic (exact) mass is 219 g/mol. The van der Waals surface area contributed by atoms with E-state index >= 15 is 0 Å². The van der Waals surface area contributed by atoms with E-state index in [-0.39, 0.29) is 16.1 Å². The Morgan fingerprint density at radius 1 is 1.19 bits per heavy atom. The van der Waals surface area contributed by atoms with Crippen LogP contribution < -0.4 is 5.32 Å². The topological polar surface area (TPSA) is 49.3 Å². The fourth-order valence-electron chi connectivity index (χ4n) is 1.95. The maximum atomic E-state index is 11.1. The molecule has 0 aliphatic rings. The summed E-state index contributed by atoms with van der Waals surface area (Å²) in [6, 6.07) is 0. The zero-order chi connectivity index (χ0) is 13.4. The molecular formula is C8H22B5NO2. The van der Waals surface area contributed by atoms with Gasteiger partial charge in [-0.15, -0.1) is 0 Å². The van der Waals surface area contributed by atoms with E-state index < -0.39 is 11.8 Å². The number of hydrogen-bond acceptors (Lipinski definition) is 2. The third kappa shape index (κ3) is 3.65. The molecule has 3 nitrogen and oxygen atoms in total. The first-order valence-electron chi connectivity index (χ1n) is 5.83. The average Bonchev–Trinajstić information content (AvgIpc) is 1.97. The lowest BCUT2D eigenvalue weighted by Crippen LogP contribution is -2.64. The van der Waals surface area contributed by atoms with Crippen LogP contribution in [-0.2, 0) is 4.79 Å². The van der Waals surface area contributed by atoms with Crippen molar-refractivity contribution < 1.29 is 9.90 Å². The Hall–Kier alpha value is -0.245. The number of aliphatic carboxylic acids is 1. The number of carboxylic acids is 1. The predicted molar refractivity (Wildman–Crippen MR) is 82.4 cm³/mol. The van der Waals surface area contributed by atoms with Crippen LogP contribution in [-0.4, -0.2) is 61.2 Å². The van der Waals surface area contributed by atoms with Crippen LogP contribution in [0.25, 0.3) is 0 Å². The molecule has 0 heterocycles. The second-order valence-corrected chi connectivity index (χ2v) is 6.78. The highest BCUT2D eigenvalue weighted by Crippen LogP contribution is 2.39. The van der Waals surface area contributed by atoms with Crippen LogP contribution in [0.1, 0.15) is 20.8 Å². The first-order chi connectivity index (χ1) is 6.81. The number of hydrogen-bond donors (Lipinski definition) is 2. The van der Waals surface area contributed by atoms with Gasteiger partial charge in [0, 0.05) is 11.4 Å². The van der Waals surface area contributed by atoms with Gasteiger partial charge in [-0.1, -0.05) is 5.21 Å². The molecule has 0 amide bonds. The van der Waals surface area contributed by atoms with Gasteiger partial charge in [0.25, 0.3) is 5.97 Å². The van der Waals surface area contributed by atoms with Gasteiger partial charge in [-0.25, -0.2) is 0 Å². The van der Waals surface area contributed by atoms with Crippen molar-refractivity contribution in [3.8, 4) is 0 Å². The van der Waals surface area contributed by atoms with Crippen molar-refractivity contribution >= 4 is 45.2 Å². The summed E-state index contributed by atoms with van der Waals surface area (Å²) < 4.78 is 0. The molecular weight excluding hydrogens is 196 g/mol. The van der Waals surface area contributed by atoms with Crippen LogP contribution in [0.5, 0.6) is 0 Å². The lowest BCUT2D eigenvalue weighted by molar-refractivity contribution is -0.137. The summed E-state index contributed by atoms with van der Waals surface area (Å²) in [4.78, 5) is 11.1. The van der Waals surface area contributed by atoms with Crippen LogP contribution in [0.4, 0.5) is 0 Å². The minimum atomic E-state index is -0.742. The molecule has 0 fully saturated rings. The summed E-state index contributed by atoms with van der Waals surface area (Å²) >= 11 is 0. The van der Waals surface area contributed by atoms with E-state index in [1.165, 1.54) is 0 Å². The van der Waals surface area contributed by atoms with Gasteiger partial charge in [-0.05, 0) is 26.1 Å². The molecule has 1 atom stereocenters. The van der Waals surface area contributed by atoms with E-state index in [0.717, 1.165) is 0 Å². The molecule has 0 aromatic rings. The SMILES string of the molecule is BC(C(=O)O)C(B)(B)C(B)(B)NC(C)(C)C. The molecule has 16 heavy (non-hydrogen) atoms. The van der Waals surface area contributed by atoms with Gasteiger partial charge in [0.15, 0.2) is 0 Å². The lowest BCUT2D eigenvalue weighted by Gasteiger charge is -2.49. The van der Waals surface area contributed by atoms with Gasteiger partial charge < -0.3 is 10.4 Å². The largest absolute Gasteiger partial charge is 0.482 e. The maximum absolute atomic E-state index is 11.1. The van der Waals surface area contributed by atoms with E-state index in [0.29, 0.717) is 0 Å². The molecule has 1 unspecified atom stereocenters. The van der Waals surface area contributed by atoms with Crippen molar-refractivity contribution in [3.05, 3.63) is 0 Å². The average molecular weight is 218 g/mol. The standard InChI is InChI=1S/C8H22B5NO2/c1-6(2,3)14-8(12,13)7(10,11)4(9)5(15)16/h4,14H,9-13H2,1-3H3,(H,15,16). The fraction of sp³-hybridized carbons (Fsp3) is 0.875. The quantitative estimate of drug-likeness (QED) is 0.476. The minimum Gasteiger partial charge on any atom is -0.482 e. The highest BCUT2D eigenvalue weighted by atomic mass is 16.4. The fourth-order valence-corrected chi connectivity index (χ4v) is 1.95. The van der Waals surface area contributed by atoms with Crippen molar-refractivity contribution in [2.75, 3.05) is 0 Å². The Morgan fingerprint density at radius 3 is 1.81 bits per heavy atom. The molecule has 0 aromatic heterocycles. The predicted octanol–water partition coefficient (Wildman–Crippen LogP) is -3.82. The van der Waals surface area contributed by atoms with E-state index in [9.17, 15) is 4.79 Å². The molecule has 0 saturated heterocycles. The van der Waals surface area contributed by atoms with Gasteiger partial charge in [0.05, 0.1) is 15.7 Å². The van der Waals surface area contributed by atoms with Gasteiger partial charge in [0.2, 0.25) is 0 Å². The number of carboxylic acid groups (broad SMARTS) is 1. The number of carbonyl (C=O) groups is 1. The molecule has 0 aromatic carbocycles.